The summed E-state index contributed by atoms with van der Waals surface area (Å²) in [6, 6.07) is 6.28. The number of anilines is 2. The minimum Gasteiger partial charge on any atom is -0.397 e. The lowest BCUT2D eigenvalue weighted by Crippen LogP contribution is -2.46. The Kier molecular flexibility index (Phi) is 2.85. The number of hydrogen-bond donors (Lipinski definition) is 1. The Morgan fingerprint density at radius 1 is 1.40 bits per heavy atom. The number of nitrogens with zero attached hydrogens (tertiary/aromatic N) is 1. The highest BCUT2D eigenvalue weighted by Gasteiger charge is 2.26. The molecule has 15 heavy (non-hydrogen) atoms. The topological polar surface area (TPSA) is 29.3 Å². The van der Waals surface area contributed by atoms with E-state index >= 15 is 0 Å². The van der Waals surface area contributed by atoms with Crippen LogP contribution in [0.4, 0.5) is 11.4 Å². The van der Waals surface area contributed by atoms with Crippen molar-refractivity contribution in [2.24, 2.45) is 5.92 Å². The van der Waals surface area contributed by atoms with Gasteiger partial charge in [-0.25, -0.2) is 0 Å². The Balaban J connectivity index is 2.03. The zero-order valence-electron chi connectivity index (χ0n) is 9.66. The summed E-state index contributed by atoms with van der Waals surface area (Å²) in [5, 5.41) is 0. The van der Waals surface area contributed by atoms with E-state index in [1.807, 2.05) is 6.07 Å². The monoisotopic (exact) mass is 204 g/mol. The van der Waals surface area contributed by atoms with Gasteiger partial charge < -0.3 is 10.6 Å². The van der Waals surface area contributed by atoms with Gasteiger partial charge in [-0.2, -0.15) is 0 Å². The van der Waals surface area contributed by atoms with Gasteiger partial charge in [-0.3, -0.25) is 0 Å². The second-order valence-electron chi connectivity index (χ2n) is 4.62. The molecule has 1 aromatic rings. The van der Waals surface area contributed by atoms with Gasteiger partial charge in [0, 0.05) is 13.1 Å². The van der Waals surface area contributed by atoms with E-state index < -0.39 is 0 Å². The summed E-state index contributed by atoms with van der Waals surface area (Å²) in [6.07, 6.45) is 2.64. The van der Waals surface area contributed by atoms with Gasteiger partial charge in [0.15, 0.2) is 0 Å². The van der Waals surface area contributed by atoms with Crippen LogP contribution in [0.5, 0.6) is 0 Å². The van der Waals surface area contributed by atoms with Gasteiger partial charge in [0.1, 0.15) is 0 Å². The third kappa shape index (κ3) is 2.09. The van der Waals surface area contributed by atoms with Crippen LogP contribution < -0.4 is 10.6 Å². The molecule has 0 amide bonds. The summed E-state index contributed by atoms with van der Waals surface area (Å²) < 4.78 is 0. The number of hydrogen-bond acceptors (Lipinski definition) is 2. The van der Waals surface area contributed by atoms with Crippen molar-refractivity contribution in [3.8, 4) is 0 Å². The normalized spacial score (nSPS) is 16.5. The fourth-order valence-electron chi connectivity index (χ4n) is 2.28. The molecular formula is C13H20N2. The molecule has 82 valence electrons. The molecule has 0 atom stereocenters. The van der Waals surface area contributed by atoms with Gasteiger partial charge in [-0.05, 0) is 37.0 Å². The number of rotatable bonds is 3. The first-order valence-electron chi connectivity index (χ1n) is 5.81. The van der Waals surface area contributed by atoms with Crippen LogP contribution >= 0.6 is 0 Å². The average molecular weight is 204 g/mol. The molecule has 0 spiro atoms. The van der Waals surface area contributed by atoms with E-state index in [2.05, 4.69) is 30.9 Å². The lowest BCUT2D eigenvalue weighted by atomic mass is 9.94. The van der Waals surface area contributed by atoms with Crippen molar-refractivity contribution in [1.82, 2.24) is 0 Å². The summed E-state index contributed by atoms with van der Waals surface area (Å²) in [5.41, 5.74) is 9.40. The molecule has 1 fully saturated rings. The number of nitrogens with two attached hydrogens (primary N) is 1. The van der Waals surface area contributed by atoms with Gasteiger partial charge >= 0.3 is 0 Å². The lowest BCUT2D eigenvalue weighted by molar-refractivity contribution is 0.381. The predicted octanol–water partition coefficient (Wildman–Crippen LogP) is 2.81. The molecule has 2 N–H and O–H groups in total. The minimum absolute atomic E-state index is 0.884. The van der Waals surface area contributed by atoms with E-state index in [0.29, 0.717) is 0 Å². The second kappa shape index (κ2) is 4.13. The largest absolute Gasteiger partial charge is 0.397 e. The minimum atomic E-state index is 0.884. The van der Waals surface area contributed by atoms with Gasteiger partial charge in [0.2, 0.25) is 0 Å². The summed E-state index contributed by atoms with van der Waals surface area (Å²) in [6.45, 7) is 6.74. The summed E-state index contributed by atoms with van der Waals surface area (Å²) in [4.78, 5) is 2.39. The first-order chi connectivity index (χ1) is 7.20. The van der Waals surface area contributed by atoms with Gasteiger partial charge in [-0.15, -0.1) is 0 Å². The van der Waals surface area contributed by atoms with Crippen molar-refractivity contribution in [1.29, 1.82) is 0 Å². The first-order valence-corrected chi connectivity index (χ1v) is 5.81. The fourth-order valence-corrected chi connectivity index (χ4v) is 2.28. The predicted molar refractivity (Wildman–Crippen MR) is 66.2 cm³/mol. The van der Waals surface area contributed by atoms with E-state index in [1.165, 1.54) is 37.2 Å². The molecule has 1 aliphatic rings. The molecule has 2 rings (SSSR count). The molecule has 0 saturated carbocycles. The van der Waals surface area contributed by atoms with E-state index in [4.69, 9.17) is 5.73 Å². The Morgan fingerprint density at radius 3 is 2.80 bits per heavy atom. The third-order valence-electron chi connectivity index (χ3n) is 3.18. The lowest BCUT2D eigenvalue weighted by Gasteiger charge is -2.41. The third-order valence-corrected chi connectivity index (χ3v) is 3.18. The van der Waals surface area contributed by atoms with Crippen molar-refractivity contribution < 1.29 is 0 Å². The summed E-state index contributed by atoms with van der Waals surface area (Å²) >= 11 is 0. The smallest absolute Gasteiger partial charge is 0.0602 e. The van der Waals surface area contributed by atoms with Crippen LogP contribution in [0.2, 0.25) is 0 Å². The number of nitrogen functional groups attached to an aromatic ring is 1. The van der Waals surface area contributed by atoms with Crippen LogP contribution in [0, 0.1) is 12.8 Å². The summed E-state index contributed by atoms with van der Waals surface area (Å²) in [7, 11) is 0. The maximum Gasteiger partial charge on any atom is 0.0602 e. The zero-order valence-corrected chi connectivity index (χ0v) is 9.66. The molecule has 1 aromatic carbocycles. The SMILES string of the molecule is CCCC1CN(c2cc(C)ccc2N)C1. The number of benzene rings is 1. The number of aryl methyl sites for hydroxylation is 1. The first kappa shape index (κ1) is 10.3. The maximum absolute atomic E-state index is 5.98. The van der Waals surface area contributed by atoms with Crippen molar-refractivity contribution in [3.63, 3.8) is 0 Å². The fraction of sp³-hybridized carbons (Fsp3) is 0.538. The van der Waals surface area contributed by atoms with E-state index in [9.17, 15) is 0 Å². The highest BCUT2D eigenvalue weighted by Crippen LogP contribution is 2.32. The quantitative estimate of drug-likeness (QED) is 0.767. The standard InChI is InChI=1S/C13H20N2/c1-3-4-11-8-15(9-11)13-7-10(2)5-6-12(13)14/h5-7,11H,3-4,8-9,14H2,1-2H3. The highest BCUT2D eigenvalue weighted by atomic mass is 15.2. The Labute approximate surface area is 92.1 Å². The van der Waals surface area contributed by atoms with E-state index in [1.54, 1.807) is 0 Å². The molecule has 0 radical (unpaired) electrons. The second-order valence-corrected chi connectivity index (χ2v) is 4.62. The molecule has 0 bridgehead atoms. The van der Waals surface area contributed by atoms with Crippen LogP contribution in [0.3, 0.4) is 0 Å². The Hall–Kier alpha value is -1.18. The molecule has 0 aliphatic carbocycles. The summed E-state index contributed by atoms with van der Waals surface area (Å²) in [5.74, 6) is 0.884. The highest BCUT2D eigenvalue weighted by molar-refractivity contribution is 5.69. The molecular weight excluding hydrogens is 184 g/mol. The molecule has 1 saturated heterocycles. The van der Waals surface area contributed by atoms with Crippen LogP contribution in [0.15, 0.2) is 18.2 Å². The van der Waals surface area contributed by atoms with Crippen LogP contribution in [0.25, 0.3) is 0 Å². The Bertz CT molecular complexity index is 340. The van der Waals surface area contributed by atoms with Crippen LogP contribution in [-0.2, 0) is 0 Å². The van der Waals surface area contributed by atoms with E-state index in [-0.39, 0.29) is 0 Å². The van der Waals surface area contributed by atoms with Crippen molar-refractivity contribution in [2.75, 3.05) is 23.7 Å². The van der Waals surface area contributed by atoms with Gasteiger partial charge in [0.05, 0.1) is 11.4 Å². The van der Waals surface area contributed by atoms with Crippen LogP contribution in [0.1, 0.15) is 25.3 Å². The van der Waals surface area contributed by atoms with Gasteiger partial charge in [0.25, 0.3) is 0 Å². The van der Waals surface area contributed by atoms with Crippen LogP contribution in [-0.4, -0.2) is 13.1 Å². The maximum atomic E-state index is 5.98. The Morgan fingerprint density at radius 2 is 2.13 bits per heavy atom. The van der Waals surface area contributed by atoms with Crippen molar-refractivity contribution >= 4 is 11.4 Å². The molecule has 0 unspecified atom stereocenters. The average Bonchev–Trinajstić information content (AvgIpc) is 2.15. The van der Waals surface area contributed by atoms with Crippen molar-refractivity contribution in [3.05, 3.63) is 23.8 Å². The molecule has 1 heterocycles. The molecule has 1 aliphatic heterocycles. The molecule has 2 heteroatoms. The molecule has 0 aromatic heterocycles. The van der Waals surface area contributed by atoms with Crippen molar-refractivity contribution in [2.45, 2.75) is 26.7 Å². The molecule has 2 nitrogen and oxygen atoms in total. The zero-order chi connectivity index (χ0) is 10.8. The van der Waals surface area contributed by atoms with Gasteiger partial charge in [-0.1, -0.05) is 19.4 Å². The van der Waals surface area contributed by atoms with E-state index in [0.717, 1.165) is 11.6 Å².